The Bertz CT molecular complexity index is 1930. The Morgan fingerprint density at radius 1 is 0.911 bits per heavy atom. The highest BCUT2D eigenvalue weighted by atomic mass is 35.5. The number of carbonyl (C=O) groups excluding carboxylic acids is 2. The van der Waals surface area contributed by atoms with Crippen molar-refractivity contribution in [2.75, 3.05) is 18.1 Å². The zero-order valence-corrected chi connectivity index (χ0v) is 26.9. The maximum atomic E-state index is 14.1. The van der Waals surface area contributed by atoms with Crippen LogP contribution in [0.2, 0.25) is 5.02 Å². The predicted molar refractivity (Wildman–Crippen MR) is 185 cm³/mol. The molecule has 1 atom stereocenters. The molecule has 0 radical (unpaired) electrons. The summed E-state index contributed by atoms with van der Waals surface area (Å²) in [5.41, 5.74) is 5.78. The van der Waals surface area contributed by atoms with Gasteiger partial charge in [-0.05, 0) is 83.5 Å². The number of amides is 1. The zero-order chi connectivity index (χ0) is 31.7. The van der Waals surface area contributed by atoms with Crippen LogP contribution >= 0.6 is 11.6 Å². The normalized spacial score (nSPS) is 15.7. The van der Waals surface area contributed by atoms with Gasteiger partial charge in [0.15, 0.2) is 6.61 Å². The van der Waals surface area contributed by atoms with Gasteiger partial charge in [-0.3, -0.25) is 4.79 Å². The Labute approximate surface area is 269 Å². The second-order valence-electron chi connectivity index (χ2n) is 12.7. The third-order valence-corrected chi connectivity index (χ3v) is 9.11. The van der Waals surface area contributed by atoms with E-state index < -0.39 is 5.97 Å². The number of nitrogens with zero attached hydrogens (tertiary/aromatic N) is 2. The fourth-order valence-electron chi connectivity index (χ4n) is 6.33. The summed E-state index contributed by atoms with van der Waals surface area (Å²) in [6, 6.07) is 29.3. The van der Waals surface area contributed by atoms with Crippen molar-refractivity contribution in [3.05, 3.63) is 118 Å². The van der Waals surface area contributed by atoms with Crippen LogP contribution in [0.15, 0.2) is 91.0 Å². The minimum Gasteiger partial charge on any atom is -0.452 e. The number of hydrogen-bond acceptors (Lipinski definition) is 4. The fraction of sp³-hybridized carbons (Fsp3) is 0.256. The largest absolute Gasteiger partial charge is 0.452 e. The van der Waals surface area contributed by atoms with Crippen molar-refractivity contribution in [2.24, 2.45) is 11.3 Å². The van der Waals surface area contributed by atoms with Crippen molar-refractivity contribution in [1.29, 1.82) is 0 Å². The van der Waals surface area contributed by atoms with E-state index in [-0.39, 0.29) is 23.8 Å². The van der Waals surface area contributed by atoms with Gasteiger partial charge < -0.3 is 9.64 Å². The number of anilines is 1. The first-order valence-corrected chi connectivity index (χ1v) is 15.8. The fourth-order valence-corrected chi connectivity index (χ4v) is 6.46. The number of esters is 1. The minimum atomic E-state index is -0.507. The average molecular weight is 617 g/mol. The molecule has 0 aliphatic heterocycles. The minimum absolute atomic E-state index is 0.0142. The summed E-state index contributed by atoms with van der Waals surface area (Å²) in [7, 11) is 0. The number of fused-ring (bicyclic) bond motifs is 3. The smallest absolute Gasteiger partial charge is 0.339 e. The van der Waals surface area contributed by atoms with Crippen LogP contribution < -0.4 is 4.90 Å². The summed E-state index contributed by atoms with van der Waals surface area (Å²) in [6.07, 6.45) is 3.66. The van der Waals surface area contributed by atoms with Crippen molar-refractivity contribution < 1.29 is 14.3 Å². The second-order valence-corrected chi connectivity index (χ2v) is 13.2. The number of ether oxygens (including phenoxy) is 1. The van der Waals surface area contributed by atoms with Crippen LogP contribution in [0, 0.1) is 11.3 Å². The van der Waals surface area contributed by atoms with Crippen molar-refractivity contribution >= 4 is 62.5 Å². The topological polar surface area (TPSA) is 59.5 Å². The van der Waals surface area contributed by atoms with Crippen LogP contribution in [0.5, 0.6) is 0 Å². The summed E-state index contributed by atoms with van der Waals surface area (Å²) in [5.74, 6) is -0.514. The molecule has 1 aliphatic rings. The van der Waals surface area contributed by atoms with E-state index >= 15 is 0 Å². The number of rotatable bonds is 6. The molecule has 5 nitrogen and oxygen atoms in total. The predicted octanol–water partition coefficient (Wildman–Crippen LogP) is 9.40. The quantitative estimate of drug-likeness (QED) is 0.178. The molecule has 0 unspecified atom stereocenters. The average Bonchev–Trinajstić information content (AvgIpc) is 3.03. The van der Waals surface area contributed by atoms with Crippen LogP contribution in [-0.4, -0.2) is 30.0 Å². The summed E-state index contributed by atoms with van der Waals surface area (Å²) in [6.45, 7) is 8.72. The Kier molecular flexibility index (Phi) is 8.48. The van der Waals surface area contributed by atoms with E-state index in [0.717, 1.165) is 56.2 Å². The number of likely N-dealkylation sites (N-methyl/N-ethyl adjacent to an activating group) is 1. The number of hydrogen-bond donors (Lipinski definition) is 0. The molecule has 1 aromatic heterocycles. The summed E-state index contributed by atoms with van der Waals surface area (Å²) in [4.78, 5) is 34.5. The van der Waals surface area contributed by atoms with Crippen LogP contribution in [-0.2, 0) is 16.0 Å². The SMILES string of the molecule is CCN(C(=O)COC(=O)c1c2c(nc3ccccc13)/C(=C\c1ccc(Cl)cc1)C[C@@H](C(C)(C)C)C2)c1cccc2ccccc12. The third kappa shape index (κ3) is 6.23. The lowest BCUT2D eigenvalue weighted by Crippen LogP contribution is -2.35. The molecule has 4 aromatic carbocycles. The lowest BCUT2D eigenvalue weighted by molar-refractivity contribution is -0.121. The van der Waals surface area contributed by atoms with Crippen molar-refractivity contribution in [3.63, 3.8) is 0 Å². The number of benzene rings is 4. The van der Waals surface area contributed by atoms with Gasteiger partial charge in [0.05, 0.1) is 22.5 Å². The number of halogens is 1. The van der Waals surface area contributed by atoms with Gasteiger partial charge in [0.2, 0.25) is 0 Å². The number of para-hydroxylation sites is 1. The molecule has 6 heteroatoms. The van der Waals surface area contributed by atoms with E-state index in [2.05, 4.69) is 26.8 Å². The van der Waals surface area contributed by atoms with E-state index in [9.17, 15) is 9.59 Å². The molecule has 1 amide bonds. The Morgan fingerprint density at radius 3 is 2.33 bits per heavy atom. The van der Waals surface area contributed by atoms with E-state index in [0.29, 0.717) is 23.6 Å². The lowest BCUT2D eigenvalue weighted by atomic mass is 9.69. The zero-order valence-electron chi connectivity index (χ0n) is 26.1. The van der Waals surface area contributed by atoms with Gasteiger partial charge in [-0.25, -0.2) is 9.78 Å². The first kappa shape index (κ1) is 30.5. The van der Waals surface area contributed by atoms with Gasteiger partial charge in [0, 0.05) is 22.3 Å². The molecule has 45 heavy (non-hydrogen) atoms. The summed E-state index contributed by atoms with van der Waals surface area (Å²) < 4.78 is 5.88. The van der Waals surface area contributed by atoms with Gasteiger partial charge in [-0.1, -0.05) is 99.1 Å². The molecule has 1 aliphatic carbocycles. The Balaban J connectivity index is 1.38. The third-order valence-electron chi connectivity index (χ3n) is 8.86. The molecule has 1 heterocycles. The van der Waals surface area contributed by atoms with Gasteiger partial charge in [0.1, 0.15) is 0 Å². The number of pyridine rings is 1. The first-order chi connectivity index (χ1) is 21.6. The summed E-state index contributed by atoms with van der Waals surface area (Å²) in [5, 5.41) is 3.43. The van der Waals surface area contributed by atoms with E-state index in [4.69, 9.17) is 21.3 Å². The number of aromatic nitrogens is 1. The maximum Gasteiger partial charge on any atom is 0.339 e. The molecule has 0 fully saturated rings. The van der Waals surface area contributed by atoms with Crippen molar-refractivity contribution in [1.82, 2.24) is 4.98 Å². The standard InChI is InChI=1S/C39H37ClN2O3/c1-5-42(34-16-10-12-26-11-6-7-13-30(26)34)35(43)24-45-38(44)36-31-14-8-9-15-33(31)41-37-27(21-25-17-19-29(40)20-18-25)22-28(23-32(36)37)39(2,3)4/h6-21,28H,5,22-24H2,1-4H3/b27-21-/t28-/m1/s1. The Morgan fingerprint density at radius 2 is 1.60 bits per heavy atom. The molecule has 228 valence electrons. The molecular formula is C39H37ClN2O3. The molecule has 6 rings (SSSR count). The van der Waals surface area contributed by atoms with Crippen LogP contribution in [0.4, 0.5) is 5.69 Å². The van der Waals surface area contributed by atoms with Crippen LogP contribution in [0.25, 0.3) is 33.3 Å². The lowest BCUT2D eigenvalue weighted by Gasteiger charge is -2.36. The molecule has 0 saturated heterocycles. The van der Waals surface area contributed by atoms with Crippen molar-refractivity contribution in [2.45, 2.75) is 40.5 Å². The highest BCUT2D eigenvalue weighted by molar-refractivity contribution is 6.30. The summed E-state index contributed by atoms with van der Waals surface area (Å²) >= 11 is 6.17. The Hall–Kier alpha value is -4.48. The molecule has 0 N–H and O–H groups in total. The number of allylic oxidation sites excluding steroid dienone is 1. The van der Waals surface area contributed by atoms with Gasteiger partial charge in [-0.15, -0.1) is 0 Å². The van der Waals surface area contributed by atoms with Gasteiger partial charge in [0.25, 0.3) is 5.91 Å². The van der Waals surface area contributed by atoms with Gasteiger partial charge in [-0.2, -0.15) is 0 Å². The maximum absolute atomic E-state index is 14.1. The highest BCUT2D eigenvalue weighted by Crippen LogP contribution is 2.45. The molecule has 5 aromatic rings. The van der Waals surface area contributed by atoms with Crippen LogP contribution in [0.3, 0.4) is 0 Å². The molecule has 0 spiro atoms. The molecular weight excluding hydrogens is 580 g/mol. The van der Waals surface area contributed by atoms with Crippen molar-refractivity contribution in [3.8, 4) is 0 Å². The van der Waals surface area contributed by atoms with Gasteiger partial charge >= 0.3 is 5.97 Å². The second kappa shape index (κ2) is 12.5. The number of carbonyl (C=O) groups is 2. The van der Waals surface area contributed by atoms with Crippen LogP contribution in [0.1, 0.15) is 61.3 Å². The molecule has 0 saturated carbocycles. The van der Waals surface area contributed by atoms with E-state index in [1.165, 1.54) is 0 Å². The highest BCUT2D eigenvalue weighted by Gasteiger charge is 2.35. The molecule has 0 bridgehead atoms. The monoisotopic (exact) mass is 616 g/mol. The first-order valence-electron chi connectivity index (χ1n) is 15.5. The van der Waals surface area contributed by atoms with E-state index in [1.807, 2.05) is 97.9 Å². The van der Waals surface area contributed by atoms with E-state index in [1.54, 1.807) is 4.90 Å².